The molecule has 0 aliphatic heterocycles. The van der Waals surface area contributed by atoms with E-state index in [-0.39, 0.29) is 6.61 Å². The molecule has 0 spiro atoms. The monoisotopic (exact) mass is 320 g/mol. The highest BCUT2D eigenvalue weighted by Crippen LogP contribution is 2.34. The molecule has 2 rings (SSSR count). The standard InChI is InChI=1S/C10H9IO2S/c1-13-6-2-3-7-8(4-6)14-9(5-12)10(7)11/h2-4,12H,5H2,1H3. The molecule has 4 heteroatoms. The van der Waals surface area contributed by atoms with Crippen LogP contribution in [0.3, 0.4) is 0 Å². The third kappa shape index (κ3) is 1.62. The third-order valence-electron chi connectivity index (χ3n) is 2.05. The molecule has 1 N–H and O–H groups in total. The first-order valence-electron chi connectivity index (χ1n) is 4.12. The second-order valence-corrected chi connectivity index (χ2v) is 5.07. The van der Waals surface area contributed by atoms with Crippen LogP contribution in [0.1, 0.15) is 4.88 Å². The van der Waals surface area contributed by atoms with Crippen molar-refractivity contribution >= 4 is 44.0 Å². The molecule has 0 bridgehead atoms. The maximum absolute atomic E-state index is 9.12. The lowest BCUT2D eigenvalue weighted by molar-refractivity contribution is 0.285. The molecule has 74 valence electrons. The fourth-order valence-electron chi connectivity index (χ4n) is 1.32. The van der Waals surface area contributed by atoms with Gasteiger partial charge in [0.1, 0.15) is 5.75 Å². The van der Waals surface area contributed by atoms with Gasteiger partial charge in [0, 0.05) is 18.5 Å². The molecule has 0 saturated carbocycles. The Morgan fingerprint density at radius 1 is 1.50 bits per heavy atom. The topological polar surface area (TPSA) is 29.5 Å². The van der Waals surface area contributed by atoms with Gasteiger partial charge in [-0.3, -0.25) is 0 Å². The molecule has 0 aliphatic carbocycles. The number of aliphatic hydroxyl groups excluding tert-OH is 1. The first-order chi connectivity index (χ1) is 6.76. The SMILES string of the molecule is COc1ccc2c(I)c(CO)sc2c1. The summed E-state index contributed by atoms with van der Waals surface area (Å²) in [5.74, 6) is 0.861. The number of thiophene rings is 1. The van der Waals surface area contributed by atoms with Crippen molar-refractivity contribution in [3.05, 3.63) is 26.6 Å². The number of hydrogen-bond acceptors (Lipinski definition) is 3. The van der Waals surface area contributed by atoms with Gasteiger partial charge >= 0.3 is 0 Å². The molecule has 0 saturated heterocycles. The van der Waals surface area contributed by atoms with Gasteiger partial charge in [0.25, 0.3) is 0 Å². The minimum absolute atomic E-state index is 0.111. The van der Waals surface area contributed by atoms with E-state index in [2.05, 4.69) is 22.6 Å². The predicted octanol–water partition coefficient (Wildman–Crippen LogP) is 3.01. The van der Waals surface area contributed by atoms with Gasteiger partial charge in [0.05, 0.1) is 13.7 Å². The first-order valence-corrected chi connectivity index (χ1v) is 6.01. The van der Waals surface area contributed by atoms with Crippen LogP contribution in [0.5, 0.6) is 5.75 Å². The number of methoxy groups -OCH3 is 1. The summed E-state index contributed by atoms with van der Waals surface area (Å²) < 4.78 is 7.46. The molecular formula is C10H9IO2S. The van der Waals surface area contributed by atoms with Crippen LogP contribution < -0.4 is 4.74 Å². The molecule has 1 heterocycles. The highest BCUT2D eigenvalue weighted by Gasteiger charge is 2.09. The average Bonchev–Trinajstić information content (AvgIpc) is 2.55. The maximum Gasteiger partial charge on any atom is 0.120 e. The lowest BCUT2D eigenvalue weighted by Crippen LogP contribution is -1.81. The molecule has 2 aromatic rings. The van der Waals surface area contributed by atoms with Crippen LogP contribution in [0.15, 0.2) is 18.2 Å². The summed E-state index contributed by atoms with van der Waals surface area (Å²) in [6.45, 7) is 0.111. The van der Waals surface area contributed by atoms with Crippen molar-refractivity contribution in [3.63, 3.8) is 0 Å². The molecule has 14 heavy (non-hydrogen) atoms. The van der Waals surface area contributed by atoms with Gasteiger partial charge in [-0.15, -0.1) is 11.3 Å². The highest BCUT2D eigenvalue weighted by molar-refractivity contribution is 14.1. The van der Waals surface area contributed by atoms with Crippen LogP contribution in [0.2, 0.25) is 0 Å². The maximum atomic E-state index is 9.12. The highest BCUT2D eigenvalue weighted by atomic mass is 127. The summed E-state index contributed by atoms with van der Waals surface area (Å²) in [5, 5.41) is 10.3. The molecule has 0 fully saturated rings. The molecule has 0 radical (unpaired) electrons. The molecule has 1 aromatic carbocycles. The molecule has 2 nitrogen and oxygen atoms in total. The number of hydrogen-bond donors (Lipinski definition) is 1. The van der Waals surface area contributed by atoms with Gasteiger partial charge in [0.2, 0.25) is 0 Å². The Balaban J connectivity index is 2.66. The summed E-state index contributed by atoms with van der Waals surface area (Å²) in [4.78, 5) is 1.02. The zero-order chi connectivity index (χ0) is 10.1. The fraction of sp³-hybridized carbons (Fsp3) is 0.200. The first kappa shape index (κ1) is 10.2. The van der Waals surface area contributed by atoms with E-state index in [1.165, 1.54) is 5.39 Å². The van der Waals surface area contributed by atoms with Crippen LogP contribution in [-0.4, -0.2) is 12.2 Å². The minimum Gasteiger partial charge on any atom is -0.497 e. The van der Waals surface area contributed by atoms with Crippen molar-refractivity contribution in [2.24, 2.45) is 0 Å². The molecule has 0 aliphatic rings. The van der Waals surface area contributed by atoms with E-state index in [9.17, 15) is 0 Å². The number of fused-ring (bicyclic) bond motifs is 1. The summed E-state index contributed by atoms with van der Waals surface area (Å²) >= 11 is 3.88. The van der Waals surface area contributed by atoms with E-state index in [1.807, 2.05) is 18.2 Å². The van der Waals surface area contributed by atoms with E-state index < -0.39 is 0 Å². The normalized spacial score (nSPS) is 10.8. The van der Waals surface area contributed by atoms with Crippen molar-refractivity contribution in [3.8, 4) is 5.75 Å². The predicted molar refractivity (Wildman–Crippen MR) is 67.0 cm³/mol. The number of benzene rings is 1. The Bertz CT molecular complexity index is 464. The fourth-order valence-corrected chi connectivity index (χ4v) is 3.46. The van der Waals surface area contributed by atoms with Gasteiger partial charge in [0.15, 0.2) is 0 Å². The van der Waals surface area contributed by atoms with E-state index in [4.69, 9.17) is 9.84 Å². The number of ether oxygens (including phenoxy) is 1. The summed E-state index contributed by atoms with van der Waals surface area (Å²) in [6.07, 6.45) is 0. The quantitative estimate of drug-likeness (QED) is 0.862. The zero-order valence-electron chi connectivity index (χ0n) is 7.58. The van der Waals surface area contributed by atoms with Crippen molar-refractivity contribution < 1.29 is 9.84 Å². The van der Waals surface area contributed by atoms with Crippen LogP contribution in [0, 0.1) is 3.57 Å². The van der Waals surface area contributed by atoms with E-state index >= 15 is 0 Å². The van der Waals surface area contributed by atoms with Crippen molar-refractivity contribution in [1.29, 1.82) is 0 Å². The molecule has 1 aromatic heterocycles. The lowest BCUT2D eigenvalue weighted by atomic mass is 10.2. The van der Waals surface area contributed by atoms with Gasteiger partial charge in [-0.05, 0) is 40.8 Å². The van der Waals surface area contributed by atoms with Crippen molar-refractivity contribution in [2.45, 2.75) is 6.61 Å². The smallest absolute Gasteiger partial charge is 0.120 e. The van der Waals surface area contributed by atoms with E-state index in [0.717, 1.165) is 18.9 Å². The number of halogens is 1. The minimum atomic E-state index is 0.111. The Morgan fingerprint density at radius 3 is 2.93 bits per heavy atom. The Hall–Kier alpha value is -0.330. The van der Waals surface area contributed by atoms with Crippen LogP contribution >= 0.6 is 33.9 Å². The lowest BCUT2D eigenvalue weighted by Gasteiger charge is -1.97. The third-order valence-corrected chi connectivity index (χ3v) is 4.78. The largest absolute Gasteiger partial charge is 0.497 e. The Morgan fingerprint density at radius 2 is 2.29 bits per heavy atom. The second-order valence-electron chi connectivity index (χ2n) is 2.86. The number of rotatable bonds is 2. The van der Waals surface area contributed by atoms with Gasteiger partial charge < -0.3 is 9.84 Å². The number of aliphatic hydroxyl groups is 1. The van der Waals surface area contributed by atoms with E-state index in [0.29, 0.717) is 0 Å². The molecular weight excluding hydrogens is 311 g/mol. The van der Waals surface area contributed by atoms with Crippen molar-refractivity contribution in [1.82, 2.24) is 0 Å². The van der Waals surface area contributed by atoms with Gasteiger partial charge in [-0.1, -0.05) is 0 Å². The van der Waals surface area contributed by atoms with Crippen LogP contribution in [0.25, 0.3) is 10.1 Å². The van der Waals surface area contributed by atoms with Gasteiger partial charge in [-0.2, -0.15) is 0 Å². The Labute approximate surface area is 99.7 Å². The summed E-state index contributed by atoms with van der Waals surface area (Å²) in [5.41, 5.74) is 0. The second kappa shape index (κ2) is 4.04. The van der Waals surface area contributed by atoms with Gasteiger partial charge in [-0.25, -0.2) is 0 Å². The Kier molecular flexibility index (Phi) is 2.94. The van der Waals surface area contributed by atoms with Crippen LogP contribution in [0.4, 0.5) is 0 Å². The molecule has 0 atom stereocenters. The van der Waals surface area contributed by atoms with Crippen LogP contribution in [-0.2, 0) is 6.61 Å². The molecule has 0 amide bonds. The average molecular weight is 320 g/mol. The summed E-state index contributed by atoms with van der Waals surface area (Å²) in [7, 11) is 1.66. The van der Waals surface area contributed by atoms with E-state index in [1.54, 1.807) is 18.4 Å². The zero-order valence-corrected chi connectivity index (χ0v) is 10.6. The van der Waals surface area contributed by atoms with Crippen molar-refractivity contribution in [2.75, 3.05) is 7.11 Å². The summed E-state index contributed by atoms with van der Waals surface area (Å²) in [6, 6.07) is 5.98. The molecule has 0 unspecified atom stereocenters.